The Balaban J connectivity index is 1.56. The minimum atomic E-state index is -0.284. The van der Waals surface area contributed by atoms with Gasteiger partial charge in [0.1, 0.15) is 0 Å². The van der Waals surface area contributed by atoms with Crippen molar-refractivity contribution < 1.29 is 14.3 Å². The molecule has 2 aliphatic carbocycles. The molecule has 1 N–H and O–H groups in total. The van der Waals surface area contributed by atoms with E-state index in [2.05, 4.69) is 52.1 Å². The molecule has 2 rings (SSSR count). The van der Waals surface area contributed by atoms with Crippen LogP contribution in [0.5, 0.6) is 0 Å². The molecule has 0 aromatic heterocycles. The molecule has 4 nitrogen and oxygen atoms in total. The molecule has 1 saturated carbocycles. The quantitative estimate of drug-likeness (QED) is 0.592. The number of amides is 1. The Hall–Kier alpha value is -1.03. The van der Waals surface area contributed by atoms with Crippen molar-refractivity contribution in [3.8, 4) is 0 Å². The molecule has 4 heteroatoms. The van der Waals surface area contributed by atoms with Crippen molar-refractivity contribution in [2.24, 2.45) is 23.2 Å². The highest BCUT2D eigenvalue weighted by atomic mass is 16.5. The molecule has 0 aromatic rings. The van der Waals surface area contributed by atoms with E-state index in [1.807, 2.05) is 0 Å². The monoisotopic (exact) mass is 365 g/mol. The second kappa shape index (κ2) is 9.25. The Labute approximate surface area is 160 Å². The van der Waals surface area contributed by atoms with Crippen molar-refractivity contribution >= 4 is 6.09 Å². The van der Waals surface area contributed by atoms with Crippen LogP contribution in [0.1, 0.15) is 73.1 Å². The molecule has 26 heavy (non-hydrogen) atoms. The van der Waals surface area contributed by atoms with Gasteiger partial charge in [0.2, 0.25) is 0 Å². The number of carbonyl (C=O) groups excluding carboxylic acids is 1. The van der Waals surface area contributed by atoms with E-state index in [0.29, 0.717) is 19.1 Å². The first-order valence-electron chi connectivity index (χ1n) is 10.4. The Morgan fingerprint density at radius 3 is 2.23 bits per heavy atom. The zero-order chi connectivity index (χ0) is 19.2. The molecule has 0 aromatic carbocycles. The lowest BCUT2D eigenvalue weighted by Gasteiger charge is -2.27. The van der Waals surface area contributed by atoms with E-state index in [1.165, 1.54) is 25.7 Å². The summed E-state index contributed by atoms with van der Waals surface area (Å²) in [6.07, 6.45) is 11.0. The molecule has 0 saturated heterocycles. The zero-order valence-electron chi connectivity index (χ0n) is 17.5. The van der Waals surface area contributed by atoms with Crippen LogP contribution in [0.4, 0.5) is 4.79 Å². The standard InChI is InChI=1S/C22H39NO3/c1-21(2,3)13-15-26-22(4,5)12-14-23-20(24)25-16-19-17-10-8-6-7-9-11-18(17)19/h6-7,17-19H,8-16H2,1-5H3,(H,23,24)/b7-6+. The van der Waals surface area contributed by atoms with Gasteiger partial charge in [0.15, 0.2) is 0 Å². The third kappa shape index (κ3) is 7.69. The molecular formula is C22H39NO3. The smallest absolute Gasteiger partial charge is 0.407 e. The summed E-state index contributed by atoms with van der Waals surface area (Å²) in [5.41, 5.74) is 0.0552. The average Bonchev–Trinajstić information content (AvgIpc) is 3.13. The number of fused-ring (bicyclic) bond motifs is 1. The number of hydrogen-bond donors (Lipinski definition) is 1. The molecule has 2 aliphatic rings. The third-order valence-corrected chi connectivity index (χ3v) is 5.76. The summed E-state index contributed by atoms with van der Waals surface area (Å²) in [5, 5.41) is 2.88. The van der Waals surface area contributed by atoms with E-state index in [4.69, 9.17) is 9.47 Å². The number of alkyl carbamates (subject to hydrolysis) is 1. The van der Waals surface area contributed by atoms with Crippen molar-refractivity contribution in [3.05, 3.63) is 12.2 Å². The average molecular weight is 366 g/mol. The number of rotatable bonds is 8. The number of carbonyl (C=O) groups is 1. The van der Waals surface area contributed by atoms with Crippen molar-refractivity contribution in [1.29, 1.82) is 0 Å². The van der Waals surface area contributed by atoms with E-state index in [1.54, 1.807) is 0 Å². The van der Waals surface area contributed by atoms with Gasteiger partial charge in [-0.15, -0.1) is 0 Å². The Bertz CT molecular complexity index is 462. The molecule has 0 spiro atoms. The third-order valence-electron chi connectivity index (χ3n) is 5.76. The van der Waals surface area contributed by atoms with E-state index >= 15 is 0 Å². The summed E-state index contributed by atoms with van der Waals surface area (Å²) in [4.78, 5) is 12.0. The molecule has 0 aliphatic heterocycles. The summed E-state index contributed by atoms with van der Waals surface area (Å²) in [6, 6.07) is 0. The molecule has 150 valence electrons. The van der Waals surface area contributed by atoms with Crippen molar-refractivity contribution in [1.82, 2.24) is 5.32 Å². The molecule has 2 atom stereocenters. The Morgan fingerprint density at radius 1 is 1.04 bits per heavy atom. The molecule has 1 amide bonds. The zero-order valence-corrected chi connectivity index (χ0v) is 17.5. The van der Waals surface area contributed by atoms with Crippen LogP contribution in [0.3, 0.4) is 0 Å². The summed E-state index contributed by atoms with van der Waals surface area (Å²) in [5.74, 6) is 2.11. The van der Waals surface area contributed by atoms with Gasteiger partial charge >= 0.3 is 6.09 Å². The SMILES string of the molecule is CC(C)(C)CCOC(C)(C)CCNC(=O)OCC1C2CC/C=C/CCC21. The van der Waals surface area contributed by atoms with E-state index in [9.17, 15) is 4.79 Å². The Kier molecular flexibility index (Phi) is 7.57. The van der Waals surface area contributed by atoms with Gasteiger partial charge in [-0.2, -0.15) is 0 Å². The summed E-state index contributed by atoms with van der Waals surface area (Å²) in [6.45, 7) is 12.7. The maximum Gasteiger partial charge on any atom is 0.407 e. The maximum absolute atomic E-state index is 12.0. The van der Waals surface area contributed by atoms with Gasteiger partial charge in [-0.25, -0.2) is 4.79 Å². The van der Waals surface area contributed by atoms with Gasteiger partial charge in [0, 0.05) is 13.2 Å². The fraction of sp³-hybridized carbons (Fsp3) is 0.864. The van der Waals surface area contributed by atoms with E-state index in [-0.39, 0.29) is 17.1 Å². The van der Waals surface area contributed by atoms with Crippen LogP contribution in [0.2, 0.25) is 0 Å². The van der Waals surface area contributed by atoms with Gasteiger partial charge < -0.3 is 14.8 Å². The van der Waals surface area contributed by atoms with Crippen molar-refractivity contribution in [2.75, 3.05) is 19.8 Å². The summed E-state index contributed by atoms with van der Waals surface area (Å²) < 4.78 is 11.5. The predicted molar refractivity (Wildman–Crippen MR) is 106 cm³/mol. The fourth-order valence-corrected chi connectivity index (χ4v) is 3.84. The van der Waals surface area contributed by atoms with Crippen LogP contribution in [-0.4, -0.2) is 31.5 Å². The predicted octanol–water partition coefficient (Wildman–Crippen LogP) is 5.33. The first kappa shape index (κ1) is 21.3. The van der Waals surface area contributed by atoms with Crippen LogP contribution in [0, 0.1) is 23.2 Å². The van der Waals surface area contributed by atoms with Crippen LogP contribution in [0.15, 0.2) is 12.2 Å². The highest BCUT2D eigenvalue weighted by Gasteiger charge is 2.49. The van der Waals surface area contributed by atoms with Gasteiger partial charge in [-0.1, -0.05) is 32.9 Å². The van der Waals surface area contributed by atoms with Crippen LogP contribution < -0.4 is 5.32 Å². The minimum Gasteiger partial charge on any atom is -0.449 e. The second-order valence-electron chi connectivity index (χ2n) is 9.81. The highest BCUT2D eigenvalue weighted by Crippen LogP contribution is 2.52. The molecular weight excluding hydrogens is 326 g/mol. The second-order valence-corrected chi connectivity index (χ2v) is 9.81. The summed E-state index contributed by atoms with van der Waals surface area (Å²) in [7, 11) is 0. The van der Waals surface area contributed by atoms with Crippen molar-refractivity contribution in [2.45, 2.75) is 78.7 Å². The maximum atomic E-state index is 12.0. The van der Waals surface area contributed by atoms with Crippen LogP contribution in [-0.2, 0) is 9.47 Å². The van der Waals surface area contributed by atoms with Gasteiger partial charge in [-0.3, -0.25) is 0 Å². The lowest BCUT2D eigenvalue weighted by atomic mass is 9.93. The number of hydrogen-bond acceptors (Lipinski definition) is 3. The van der Waals surface area contributed by atoms with Gasteiger partial charge in [-0.05, 0) is 75.5 Å². The highest BCUT2D eigenvalue weighted by molar-refractivity contribution is 5.67. The summed E-state index contributed by atoms with van der Waals surface area (Å²) >= 11 is 0. The minimum absolute atomic E-state index is 0.229. The van der Waals surface area contributed by atoms with Gasteiger partial charge in [0.05, 0.1) is 12.2 Å². The first-order chi connectivity index (χ1) is 12.2. The molecule has 0 bridgehead atoms. The first-order valence-corrected chi connectivity index (χ1v) is 10.4. The fourth-order valence-electron chi connectivity index (χ4n) is 3.84. The van der Waals surface area contributed by atoms with Crippen LogP contribution >= 0.6 is 0 Å². The number of allylic oxidation sites excluding steroid dienone is 2. The lowest BCUT2D eigenvalue weighted by molar-refractivity contribution is -0.0323. The topological polar surface area (TPSA) is 47.6 Å². The van der Waals surface area contributed by atoms with Crippen LogP contribution in [0.25, 0.3) is 0 Å². The largest absolute Gasteiger partial charge is 0.449 e. The molecule has 2 unspecified atom stereocenters. The van der Waals surface area contributed by atoms with Gasteiger partial charge in [0.25, 0.3) is 0 Å². The van der Waals surface area contributed by atoms with Crippen molar-refractivity contribution in [3.63, 3.8) is 0 Å². The van der Waals surface area contributed by atoms with E-state index < -0.39 is 0 Å². The molecule has 0 radical (unpaired) electrons. The normalized spacial score (nSPS) is 27.0. The number of ether oxygens (including phenoxy) is 2. The number of nitrogens with one attached hydrogen (secondary N) is 1. The molecule has 0 heterocycles. The Morgan fingerprint density at radius 2 is 1.65 bits per heavy atom. The lowest BCUT2D eigenvalue weighted by Crippen LogP contribution is -2.34. The molecule has 1 fully saturated rings. The van der Waals surface area contributed by atoms with E-state index in [0.717, 1.165) is 31.3 Å².